The van der Waals surface area contributed by atoms with Gasteiger partial charge in [-0.15, -0.1) is 0 Å². The van der Waals surface area contributed by atoms with Crippen molar-refractivity contribution in [3.8, 4) is 5.75 Å². The number of alkyl halides is 3. The number of carboxylic acid groups (broad SMARTS) is 1. The van der Waals surface area contributed by atoms with Gasteiger partial charge in [-0.25, -0.2) is 4.79 Å². The van der Waals surface area contributed by atoms with Gasteiger partial charge in [0.05, 0.1) is 37.0 Å². The van der Waals surface area contributed by atoms with Crippen molar-refractivity contribution in [3.63, 3.8) is 0 Å². The first kappa shape index (κ1) is 41.2. The zero-order chi connectivity index (χ0) is 38.6. The molecular formula is C33H47F3N4O12. The topological polar surface area (TPSA) is 228 Å². The van der Waals surface area contributed by atoms with E-state index in [1.54, 1.807) is 13.8 Å². The molecule has 3 saturated heterocycles. The summed E-state index contributed by atoms with van der Waals surface area (Å²) < 4.78 is 53.8. The van der Waals surface area contributed by atoms with Crippen LogP contribution in [0.25, 0.3) is 0 Å². The molecule has 52 heavy (non-hydrogen) atoms. The maximum Gasteiger partial charge on any atom is 0.411 e. The summed E-state index contributed by atoms with van der Waals surface area (Å²) in [5.74, 6) is -3.38. The molecule has 3 aliphatic rings. The lowest BCUT2D eigenvalue weighted by atomic mass is 9.81. The van der Waals surface area contributed by atoms with E-state index in [9.17, 15) is 57.9 Å². The fraction of sp³-hybridized carbons (Fsp3) is 0.697. The first-order chi connectivity index (χ1) is 24.3. The van der Waals surface area contributed by atoms with Crippen LogP contribution in [-0.2, 0) is 28.6 Å². The highest BCUT2D eigenvalue weighted by Gasteiger charge is 2.55. The van der Waals surface area contributed by atoms with Crippen LogP contribution in [-0.4, -0.2) is 166 Å². The number of phenols is 1. The Bertz CT molecular complexity index is 1460. The fourth-order valence-corrected chi connectivity index (χ4v) is 7.11. The van der Waals surface area contributed by atoms with Crippen LogP contribution in [0, 0.1) is 13.8 Å². The third-order valence-electron chi connectivity index (χ3n) is 9.89. The number of hydrogen-bond acceptors (Lipinski definition) is 12. The zero-order valence-electron chi connectivity index (χ0n) is 29.1. The Morgan fingerprint density at radius 3 is 2.42 bits per heavy atom. The van der Waals surface area contributed by atoms with Crippen molar-refractivity contribution < 1.29 is 72.1 Å². The fourth-order valence-electron chi connectivity index (χ4n) is 7.11. The third-order valence-corrected chi connectivity index (χ3v) is 9.89. The molecule has 3 heterocycles. The van der Waals surface area contributed by atoms with E-state index in [1.165, 1.54) is 17.0 Å². The number of aliphatic hydroxyl groups excluding tert-OH is 3. The minimum absolute atomic E-state index is 0.0171. The third kappa shape index (κ3) is 9.68. The summed E-state index contributed by atoms with van der Waals surface area (Å²) in [4.78, 5) is 53.7. The van der Waals surface area contributed by atoms with E-state index in [4.69, 9.17) is 9.47 Å². The number of morpholine rings is 1. The number of nitrogens with one attached hydrogen (secondary N) is 2. The number of carboxylic acids is 1. The van der Waals surface area contributed by atoms with Gasteiger partial charge in [0.2, 0.25) is 11.8 Å². The summed E-state index contributed by atoms with van der Waals surface area (Å²) in [7, 11) is 0. The predicted octanol–water partition coefficient (Wildman–Crippen LogP) is -0.789. The molecule has 1 aromatic carbocycles. The number of nitrogens with zero attached hydrogens (tertiary/aromatic N) is 2. The Morgan fingerprint density at radius 1 is 1.13 bits per heavy atom. The van der Waals surface area contributed by atoms with Gasteiger partial charge >= 0.3 is 12.1 Å². The summed E-state index contributed by atoms with van der Waals surface area (Å²) in [5.41, 5.74) is -1.89. The maximum absolute atomic E-state index is 12.9. The minimum Gasteiger partial charge on any atom is -0.507 e. The standard InChI is InChI=1S/C33H47F3N4O12/c1-18-10-21(11-19(2)26(18)45)29(47)37-13-23(43)27(46)28-25(38-20(3)41)22(42)12-32(52-28,30(48)49)5-7-40-8-9-50-16-31(40)4-6-39(15-31)24(44)14-51-17-33(34,35)36/h10-11,22-23,25,27-28,42-43,45-46H,4-9,12-17H2,1-3H3,(H,37,47)(H,38,41)(H,48,49)/t22-,23+,25+,27+,28+,31-,32+/m0/s1. The van der Waals surface area contributed by atoms with Crippen molar-refractivity contribution in [3.05, 3.63) is 28.8 Å². The summed E-state index contributed by atoms with van der Waals surface area (Å²) >= 11 is 0. The molecule has 0 unspecified atom stereocenters. The highest BCUT2D eigenvalue weighted by molar-refractivity contribution is 5.95. The van der Waals surface area contributed by atoms with Crippen molar-refractivity contribution in [1.82, 2.24) is 20.4 Å². The van der Waals surface area contributed by atoms with E-state index in [0.717, 1.165) is 6.92 Å². The Morgan fingerprint density at radius 2 is 1.81 bits per heavy atom. The van der Waals surface area contributed by atoms with Crippen LogP contribution < -0.4 is 10.6 Å². The lowest BCUT2D eigenvalue weighted by Crippen LogP contribution is -2.68. The second-order valence-corrected chi connectivity index (χ2v) is 13.8. The number of hydrogen-bond donors (Lipinski definition) is 7. The van der Waals surface area contributed by atoms with Crippen molar-refractivity contribution >= 4 is 23.7 Å². The van der Waals surface area contributed by atoms with Gasteiger partial charge in [0, 0.05) is 58.1 Å². The molecule has 1 aromatic rings. The number of halogens is 3. The van der Waals surface area contributed by atoms with Gasteiger partial charge in [-0.1, -0.05) is 0 Å². The number of ether oxygens (including phenoxy) is 3. The number of aromatic hydroxyl groups is 1. The number of benzene rings is 1. The second kappa shape index (κ2) is 16.6. The Labute approximate surface area is 297 Å². The quantitative estimate of drug-likeness (QED) is 0.132. The summed E-state index contributed by atoms with van der Waals surface area (Å²) in [6.45, 7) is 2.51. The van der Waals surface area contributed by atoms with Gasteiger partial charge in [-0.3, -0.25) is 19.3 Å². The number of aryl methyl sites for hydroxylation is 2. The van der Waals surface area contributed by atoms with Crippen LogP contribution >= 0.6 is 0 Å². The summed E-state index contributed by atoms with van der Waals surface area (Å²) in [6, 6.07) is 1.51. The van der Waals surface area contributed by atoms with Crippen LogP contribution in [0.4, 0.5) is 13.2 Å². The Kier molecular flexibility index (Phi) is 13.2. The number of carbonyl (C=O) groups is 4. The molecule has 3 amide bonds. The number of likely N-dealkylation sites (tertiary alicyclic amines) is 1. The number of rotatable bonds is 13. The van der Waals surface area contributed by atoms with Crippen molar-refractivity contribution in [1.29, 1.82) is 0 Å². The molecule has 1 spiro atoms. The van der Waals surface area contributed by atoms with E-state index in [-0.39, 0.29) is 50.6 Å². The number of aliphatic hydroxyl groups is 3. The lowest BCUT2D eigenvalue weighted by molar-refractivity contribution is -0.231. The van der Waals surface area contributed by atoms with Crippen molar-refractivity contribution in [2.24, 2.45) is 0 Å². The number of phenolic OH excluding ortho intramolecular Hbond substituents is 1. The van der Waals surface area contributed by atoms with E-state index in [1.807, 2.05) is 4.90 Å². The molecule has 16 nitrogen and oxygen atoms in total. The van der Waals surface area contributed by atoms with Crippen molar-refractivity contribution in [2.45, 2.75) is 87.8 Å². The van der Waals surface area contributed by atoms with Crippen LogP contribution in [0.3, 0.4) is 0 Å². The Balaban J connectivity index is 1.47. The van der Waals surface area contributed by atoms with Crippen molar-refractivity contribution in [2.75, 3.05) is 59.2 Å². The summed E-state index contributed by atoms with van der Waals surface area (Å²) in [6.07, 6.45) is -11.9. The molecule has 4 rings (SSSR count). The minimum atomic E-state index is -4.59. The zero-order valence-corrected chi connectivity index (χ0v) is 29.1. The average Bonchev–Trinajstić information content (AvgIpc) is 3.49. The maximum atomic E-state index is 12.9. The number of amides is 3. The molecule has 3 aliphatic heterocycles. The molecule has 292 valence electrons. The van der Waals surface area contributed by atoms with E-state index >= 15 is 0 Å². The largest absolute Gasteiger partial charge is 0.507 e. The van der Waals surface area contributed by atoms with E-state index < -0.39 is 97.6 Å². The van der Waals surface area contributed by atoms with Crippen LogP contribution in [0.1, 0.15) is 47.7 Å². The molecule has 0 aromatic heterocycles. The van der Waals surface area contributed by atoms with Gasteiger partial charge in [0.25, 0.3) is 5.91 Å². The van der Waals surface area contributed by atoms with Gasteiger partial charge < -0.3 is 55.3 Å². The van der Waals surface area contributed by atoms with E-state index in [0.29, 0.717) is 24.1 Å². The molecule has 0 bridgehead atoms. The lowest BCUT2D eigenvalue weighted by Gasteiger charge is -2.49. The molecule has 0 saturated carbocycles. The molecule has 19 heteroatoms. The number of aliphatic carboxylic acids is 1. The first-order valence-corrected chi connectivity index (χ1v) is 16.8. The monoisotopic (exact) mass is 748 g/mol. The van der Waals surface area contributed by atoms with Crippen LogP contribution in [0.15, 0.2) is 12.1 Å². The molecule has 3 fully saturated rings. The molecule has 0 aliphatic carbocycles. The molecule has 7 N–H and O–H groups in total. The highest BCUT2D eigenvalue weighted by Crippen LogP contribution is 2.38. The SMILES string of the molecule is CC(=O)N[C@H]1[C@H]([C@H](O)[C@H](O)CNC(=O)c2cc(C)c(O)c(C)c2)O[C@@](CCN2CCOC[C@@]23CCN(C(=O)COCC(F)(F)F)C3)(C(=O)O)C[C@@H]1O. The van der Waals surface area contributed by atoms with Gasteiger partial charge in [0.15, 0.2) is 5.60 Å². The highest BCUT2D eigenvalue weighted by atomic mass is 19.4. The Hall–Kier alpha value is -3.59. The molecule has 0 radical (unpaired) electrons. The van der Waals surface area contributed by atoms with Crippen LogP contribution in [0.5, 0.6) is 5.75 Å². The second-order valence-electron chi connectivity index (χ2n) is 13.8. The summed E-state index contributed by atoms with van der Waals surface area (Å²) in [5, 5.41) is 58.9. The molecule has 7 atom stereocenters. The van der Waals surface area contributed by atoms with E-state index in [2.05, 4.69) is 15.4 Å². The van der Waals surface area contributed by atoms with Gasteiger partial charge in [-0.05, 0) is 43.5 Å². The molecular weight excluding hydrogens is 701 g/mol. The van der Waals surface area contributed by atoms with Crippen LogP contribution in [0.2, 0.25) is 0 Å². The normalized spacial score (nSPS) is 28.0. The van der Waals surface area contributed by atoms with Gasteiger partial charge in [-0.2, -0.15) is 13.2 Å². The van der Waals surface area contributed by atoms with Gasteiger partial charge in [0.1, 0.15) is 31.2 Å². The average molecular weight is 749 g/mol. The number of carbonyl (C=O) groups excluding carboxylic acids is 3. The smallest absolute Gasteiger partial charge is 0.411 e. The predicted molar refractivity (Wildman–Crippen MR) is 173 cm³/mol. The first-order valence-electron chi connectivity index (χ1n) is 16.8.